The largest absolute Gasteiger partial charge is 0.492 e. The normalized spacial score (nSPS) is 20.6. The van der Waals surface area contributed by atoms with Crippen LogP contribution < -0.4 is 10.1 Å². The monoisotopic (exact) mass is 394 g/mol. The van der Waals surface area contributed by atoms with Crippen LogP contribution in [0.1, 0.15) is 26.2 Å². The molecule has 1 aliphatic carbocycles. The highest BCUT2D eigenvalue weighted by molar-refractivity contribution is 7.89. The molecule has 7 nitrogen and oxygen atoms in total. The van der Waals surface area contributed by atoms with Crippen molar-refractivity contribution in [2.75, 3.05) is 38.2 Å². The Hall–Kier alpha value is -1.90. The molecule has 1 amide bonds. The number of ether oxygens (including phenoxy) is 2. The van der Waals surface area contributed by atoms with E-state index >= 15 is 0 Å². The first kappa shape index (κ1) is 19.9. The van der Waals surface area contributed by atoms with Crippen molar-refractivity contribution >= 4 is 21.6 Å². The molecule has 1 fully saturated rings. The van der Waals surface area contributed by atoms with Crippen molar-refractivity contribution in [2.45, 2.75) is 31.1 Å². The van der Waals surface area contributed by atoms with Crippen molar-refractivity contribution in [1.29, 1.82) is 0 Å². The lowest BCUT2D eigenvalue weighted by Crippen LogP contribution is -2.40. The summed E-state index contributed by atoms with van der Waals surface area (Å²) in [5, 5.41) is 2.82. The molecule has 0 aromatic heterocycles. The van der Waals surface area contributed by atoms with Gasteiger partial charge in [0.25, 0.3) is 0 Å². The molecule has 8 heteroatoms. The summed E-state index contributed by atoms with van der Waals surface area (Å²) < 4.78 is 38.3. The van der Waals surface area contributed by atoms with Gasteiger partial charge in [0.15, 0.2) is 0 Å². The summed E-state index contributed by atoms with van der Waals surface area (Å²) in [5.41, 5.74) is 0.456. The van der Waals surface area contributed by atoms with Crippen LogP contribution in [0.5, 0.6) is 5.75 Å². The Balaban J connectivity index is 1.81. The highest BCUT2D eigenvalue weighted by Crippen LogP contribution is 2.31. The molecular formula is C19H26N2O5S. The number of allylic oxidation sites excluding steroid dienone is 2. The van der Waals surface area contributed by atoms with Crippen LogP contribution in [0, 0.1) is 5.92 Å². The van der Waals surface area contributed by atoms with Crippen molar-refractivity contribution in [1.82, 2.24) is 4.31 Å². The van der Waals surface area contributed by atoms with Crippen molar-refractivity contribution < 1.29 is 22.7 Å². The zero-order valence-electron chi connectivity index (χ0n) is 15.5. The number of benzene rings is 1. The Morgan fingerprint density at radius 2 is 2.11 bits per heavy atom. The minimum absolute atomic E-state index is 0.0739. The molecule has 1 heterocycles. The van der Waals surface area contributed by atoms with Crippen LogP contribution in [-0.4, -0.2) is 51.5 Å². The minimum atomic E-state index is -3.73. The summed E-state index contributed by atoms with van der Waals surface area (Å²) in [6, 6.07) is 4.76. The number of nitrogens with one attached hydrogen (secondary N) is 1. The molecule has 0 bridgehead atoms. The minimum Gasteiger partial charge on any atom is -0.492 e. The van der Waals surface area contributed by atoms with E-state index in [1.165, 1.54) is 10.4 Å². The molecule has 3 rings (SSSR count). The van der Waals surface area contributed by atoms with E-state index in [0.717, 1.165) is 12.8 Å². The molecule has 1 aliphatic heterocycles. The summed E-state index contributed by atoms with van der Waals surface area (Å²) in [7, 11) is -3.73. The molecular weight excluding hydrogens is 368 g/mol. The summed E-state index contributed by atoms with van der Waals surface area (Å²) in [4.78, 5) is 12.4. The van der Waals surface area contributed by atoms with Gasteiger partial charge in [0.2, 0.25) is 15.9 Å². The summed E-state index contributed by atoms with van der Waals surface area (Å²) in [6.45, 7) is 3.50. The van der Waals surface area contributed by atoms with Crippen LogP contribution in [-0.2, 0) is 19.6 Å². The predicted molar refractivity (Wildman–Crippen MR) is 102 cm³/mol. The lowest BCUT2D eigenvalue weighted by Gasteiger charge is -2.27. The Morgan fingerprint density at radius 1 is 1.33 bits per heavy atom. The molecule has 0 unspecified atom stereocenters. The second-order valence-electron chi connectivity index (χ2n) is 6.63. The zero-order valence-corrected chi connectivity index (χ0v) is 16.3. The number of anilines is 1. The summed E-state index contributed by atoms with van der Waals surface area (Å²) in [5.74, 6) is 0.426. The van der Waals surface area contributed by atoms with Gasteiger partial charge in [0, 0.05) is 25.2 Å². The third kappa shape index (κ3) is 4.88. The number of carbonyl (C=O) groups is 1. The van der Waals surface area contributed by atoms with E-state index < -0.39 is 10.0 Å². The fraction of sp³-hybridized carbons (Fsp3) is 0.526. The first-order valence-electron chi connectivity index (χ1n) is 9.32. The third-order valence-corrected chi connectivity index (χ3v) is 6.59. The molecule has 1 N–H and O–H groups in total. The molecule has 2 aliphatic rings. The van der Waals surface area contributed by atoms with Crippen molar-refractivity contribution in [3.05, 3.63) is 30.4 Å². The van der Waals surface area contributed by atoms with E-state index in [2.05, 4.69) is 17.5 Å². The lowest BCUT2D eigenvalue weighted by molar-refractivity contribution is -0.116. The maximum absolute atomic E-state index is 13.1. The maximum atomic E-state index is 13.1. The quantitative estimate of drug-likeness (QED) is 0.718. The number of sulfonamides is 1. The van der Waals surface area contributed by atoms with E-state index in [9.17, 15) is 13.2 Å². The Kier molecular flexibility index (Phi) is 6.51. The van der Waals surface area contributed by atoms with E-state index in [1.807, 2.05) is 0 Å². The summed E-state index contributed by atoms with van der Waals surface area (Å²) >= 11 is 0. The zero-order chi connectivity index (χ0) is 19.3. The first-order chi connectivity index (χ1) is 13.0. The van der Waals surface area contributed by atoms with Gasteiger partial charge in [-0.25, -0.2) is 8.42 Å². The van der Waals surface area contributed by atoms with Crippen LogP contribution in [0.4, 0.5) is 5.69 Å². The van der Waals surface area contributed by atoms with Gasteiger partial charge in [0.05, 0.1) is 19.8 Å². The van der Waals surface area contributed by atoms with E-state index in [4.69, 9.17) is 9.47 Å². The standard InChI is InChI=1S/C19H26N2O5S/c1-2-26-17-8-7-16(20-19(22)13-15-5-3-4-6-15)14-18(17)27(23,24)21-9-11-25-12-10-21/h3,5,7-8,14-15H,2,4,6,9-13H2,1H3,(H,20,22)/t15-/m1/s1. The highest BCUT2D eigenvalue weighted by atomic mass is 32.2. The van der Waals surface area contributed by atoms with Gasteiger partial charge in [-0.1, -0.05) is 12.2 Å². The molecule has 1 atom stereocenters. The molecule has 27 heavy (non-hydrogen) atoms. The number of amides is 1. The van der Waals surface area contributed by atoms with Gasteiger partial charge in [-0.3, -0.25) is 4.79 Å². The molecule has 0 spiro atoms. The SMILES string of the molecule is CCOc1ccc(NC(=O)C[C@@H]2C=CCC2)cc1S(=O)(=O)N1CCOCC1. The maximum Gasteiger partial charge on any atom is 0.246 e. The van der Waals surface area contributed by atoms with Gasteiger partial charge in [-0.05, 0) is 43.9 Å². The number of hydrogen-bond acceptors (Lipinski definition) is 5. The molecule has 148 valence electrons. The van der Waals surface area contributed by atoms with Crippen LogP contribution in [0.3, 0.4) is 0 Å². The highest BCUT2D eigenvalue weighted by Gasteiger charge is 2.30. The number of rotatable bonds is 7. The second-order valence-corrected chi connectivity index (χ2v) is 8.54. The average Bonchev–Trinajstić information content (AvgIpc) is 3.16. The van der Waals surface area contributed by atoms with Crippen molar-refractivity contribution in [3.8, 4) is 5.75 Å². The van der Waals surface area contributed by atoms with Crippen LogP contribution in [0.25, 0.3) is 0 Å². The molecule has 1 saturated heterocycles. The van der Waals surface area contributed by atoms with Crippen LogP contribution >= 0.6 is 0 Å². The van der Waals surface area contributed by atoms with Crippen LogP contribution in [0.15, 0.2) is 35.2 Å². The topological polar surface area (TPSA) is 84.9 Å². The fourth-order valence-corrected chi connectivity index (χ4v) is 4.87. The van der Waals surface area contributed by atoms with Crippen molar-refractivity contribution in [3.63, 3.8) is 0 Å². The smallest absolute Gasteiger partial charge is 0.246 e. The lowest BCUT2D eigenvalue weighted by atomic mass is 10.1. The van der Waals surface area contributed by atoms with Gasteiger partial charge in [-0.15, -0.1) is 0 Å². The number of nitrogens with zero attached hydrogens (tertiary/aromatic N) is 1. The molecule has 0 radical (unpaired) electrons. The van der Waals surface area contributed by atoms with Gasteiger partial charge < -0.3 is 14.8 Å². The molecule has 1 aromatic rings. The van der Waals surface area contributed by atoms with Crippen LogP contribution in [0.2, 0.25) is 0 Å². The Bertz CT molecular complexity index is 800. The van der Waals surface area contributed by atoms with Gasteiger partial charge >= 0.3 is 0 Å². The number of hydrogen-bond donors (Lipinski definition) is 1. The predicted octanol–water partition coefficient (Wildman–Crippen LogP) is 2.40. The molecule has 1 aromatic carbocycles. The molecule has 0 saturated carbocycles. The van der Waals surface area contributed by atoms with E-state index in [0.29, 0.717) is 50.8 Å². The Morgan fingerprint density at radius 3 is 2.78 bits per heavy atom. The van der Waals surface area contributed by atoms with Gasteiger partial charge in [-0.2, -0.15) is 4.31 Å². The summed E-state index contributed by atoms with van der Waals surface area (Å²) in [6.07, 6.45) is 6.53. The second kappa shape index (κ2) is 8.86. The van der Waals surface area contributed by atoms with E-state index in [-0.39, 0.29) is 16.7 Å². The number of carbonyl (C=O) groups excluding carboxylic acids is 1. The first-order valence-corrected chi connectivity index (χ1v) is 10.8. The number of morpholine rings is 1. The average molecular weight is 394 g/mol. The van der Waals surface area contributed by atoms with Crippen molar-refractivity contribution in [2.24, 2.45) is 5.92 Å². The fourth-order valence-electron chi connectivity index (χ4n) is 3.30. The Labute approximate surface area is 160 Å². The van der Waals surface area contributed by atoms with Gasteiger partial charge in [0.1, 0.15) is 10.6 Å². The third-order valence-electron chi connectivity index (χ3n) is 4.68. The van der Waals surface area contributed by atoms with E-state index in [1.54, 1.807) is 19.1 Å².